The van der Waals surface area contributed by atoms with Crippen LogP contribution in [0.2, 0.25) is 5.02 Å². The van der Waals surface area contributed by atoms with Gasteiger partial charge in [-0.1, -0.05) is 23.7 Å². The zero-order valence-electron chi connectivity index (χ0n) is 16.8. The van der Waals surface area contributed by atoms with Crippen LogP contribution in [0.1, 0.15) is 29.8 Å². The molecule has 9 heteroatoms. The fourth-order valence-electron chi connectivity index (χ4n) is 4.09. The number of hydrogen-bond acceptors (Lipinski definition) is 4. The van der Waals surface area contributed by atoms with Crippen LogP contribution >= 0.6 is 11.6 Å². The molecule has 1 saturated carbocycles. The molecule has 0 radical (unpaired) electrons. The highest BCUT2D eigenvalue weighted by atomic mass is 35.5. The Balaban J connectivity index is 1.52. The Morgan fingerprint density at radius 2 is 1.87 bits per heavy atom. The number of fused-ring (bicyclic) bond motifs is 1. The summed E-state index contributed by atoms with van der Waals surface area (Å²) < 4.78 is 49.1. The third-order valence-corrected chi connectivity index (χ3v) is 6.31. The molecule has 0 atom stereocenters. The van der Waals surface area contributed by atoms with Crippen LogP contribution < -0.4 is 0 Å². The van der Waals surface area contributed by atoms with Crippen molar-refractivity contribution in [1.29, 1.82) is 0 Å². The summed E-state index contributed by atoms with van der Waals surface area (Å²) in [7, 11) is 0. The lowest BCUT2D eigenvalue weighted by Crippen LogP contribution is -2.35. The van der Waals surface area contributed by atoms with Crippen LogP contribution in [-0.4, -0.2) is 45.8 Å². The van der Waals surface area contributed by atoms with Crippen LogP contribution in [0, 0.1) is 5.92 Å². The van der Waals surface area contributed by atoms with Crippen molar-refractivity contribution in [2.45, 2.75) is 32.0 Å². The minimum absolute atomic E-state index is 0.0604. The van der Waals surface area contributed by atoms with E-state index in [0.29, 0.717) is 48.5 Å². The van der Waals surface area contributed by atoms with Crippen LogP contribution in [0.5, 0.6) is 0 Å². The number of hydrogen-bond donors (Lipinski definition) is 0. The van der Waals surface area contributed by atoms with Crippen molar-refractivity contribution in [2.75, 3.05) is 26.3 Å². The third kappa shape index (κ3) is 4.29. The van der Waals surface area contributed by atoms with Gasteiger partial charge in [-0.05, 0) is 47.6 Å². The van der Waals surface area contributed by atoms with Crippen molar-refractivity contribution in [1.82, 2.24) is 19.5 Å². The summed E-state index contributed by atoms with van der Waals surface area (Å²) in [5.41, 5.74) is 0.425. The van der Waals surface area contributed by atoms with E-state index in [1.54, 1.807) is 24.4 Å². The smallest absolute Gasteiger partial charge is 0.379 e. The van der Waals surface area contributed by atoms with Crippen molar-refractivity contribution >= 4 is 17.2 Å². The van der Waals surface area contributed by atoms with Crippen LogP contribution in [0.15, 0.2) is 30.5 Å². The lowest BCUT2D eigenvalue weighted by Gasteiger charge is -2.27. The Kier molecular flexibility index (Phi) is 5.40. The number of halogens is 4. The maximum atomic E-state index is 14.1. The summed E-state index contributed by atoms with van der Waals surface area (Å²) >= 11 is 6.48. The zero-order valence-corrected chi connectivity index (χ0v) is 17.6. The average molecular weight is 451 g/mol. The lowest BCUT2D eigenvalue weighted by atomic mass is 9.99. The number of aromatic nitrogens is 3. The topological polar surface area (TPSA) is 42.7 Å². The standard InChI is InChI=1S/C22H22ClF3N4O/c23-18-12-15(3-4-16(18)13-29-7-9-31-10-8-29)17-5-6-30-19(11-14-1-2-14)27-28-21(30)20(17)22(24,25)26/h3-6,12,14H,1-2,7-11,13H2. The fourth-order valence-corrected chi connectivity index (χ4v) is 4.33. The Morgan fingerprint density at radius 1 is 1.10 bits per heavy atom. The van der Waals surface area contributed by atoms with Gasteiger partial charge in [-0.25, -0.2) is 0 Å². The van der Waals surface area contributed by atoms with E-state index in [-0.39, 0.29) is 11.2 Å². The highest BCUT2D eigenvalue weighted by molar-refractivity contribution is 6.31. The van der Waals surface area contributed by atoms with E-state index in [1.165, 1.54) is 10.5 Å². The largest absolute Gasteiger partial charge is 0.420 e. The summed E-state index contributed by atoms with van der Waals surface area (Å²) in [6, 6.07) is 6.60. The zero-order chi connectivity index (χ0) is 21.6. The molecule has 2 aromatic heterocycles. The molecule has 31 heavy (non-hydrogen) atoms. The molecule has 1 saturated heterocycles. The van der Waals surface area contributed by atoms with Crippen molar-refractivity contribution < 1.29 is 17.9 Å². The monoisotopic (exact) mass is 450 g/mol. The first-order valence-corrected chi connectivity index (χ1v) is 10.8. The van der Waals surface area contributed by atoms with E-state index in [4.69, 9.17) is 16.3 Å². The number of alkyl halides is 3. The molecule has 0 amide bonds. The molecule has 5 nitrogen and oxygen atoms in total. The van der Waals surface area contributed by atoms with Gasteiger partial charge in [-0.2, -0.15) is 13.2 Å². The first kappa shape index (κ1) is 20.7. The number of benzene rings is 1. The molecular weight excluding hydrogens is 429 g/mol. The van der Waals surface area contributed by atoms with Gasteiger partial charge in [-0.15, -0.1) is 10.2 Å². The third-order valence-electron chi connectivity index (χ3n) is 5.96. The maximum absolute atomic E-state index is 14.1. The quantitative estimate of drug-likeness (QED) is 0.557. The van der Waals surface area contributed by atoms with E-state index >= 15 is 0 Å². The van der Waals surface area contributed by atoms with Gasteiger partial charge in [0.25, 0.3) is 0 Å². The molecule has 0 N–H and O–H groups in total. The van der Waals surface area contributed by atoms with Gasteiger partial charge in [0, 0.05) is 37.3 Å². The molecular formula is C22H22ClF3N4O. The molecule has 0 spiro atoms. The highest BCUT2D eigenvalue weighted by Gasteiger charge is 2.38. The van der Waals surface area contributed by atoms with Crippen LogP contribution in [0.3, 0.4) is 0 Å². The number of rotatable bonds is 5. The van der Waals surface area contributed by atoms with Crippen LogP contribution in [0.4, 0.5) is 13.2 Å². The predicted octanol–water partition coefficient (Wildman–Crippen LogP) is 4.85. The summed E-state index contributed by atoms with van der Waals surface area (Å²) in [6.07, 6.45) is -0.101. The number of morpholine rings is 1. The average Bonchev–Trinajstić information content (AvgIpc) is 3.47. The summed E-state index contributed by atoms with van der Waals surface area (Å²) in [4.78, 5) is 2.22. The highest BCUT2D eigenvalue weighted by Crippen LogP contribution is 2.41. The second-order valence-corrected chi connectivity index (χ2v) is 8.66. The molecule has 1 aliphatic carbocycles. The predicted molar refractivity (Wildman–Crippen MR) is 111 cm³/mol. The summed E-state index contributed by atoms with van der Waals surface area (Å²) in [5, 5.41) is 8.41. The molecule has 0 unspecified atom stereocenters. The Bertz CT molecular complexity index is 1100. The van der Waals surface area contributed by atoms with Gasteiger partial charge in [0.15, 0.2) is 5.65 Å². The summed E-state index contributed by atoms with van der Waals surface area (Å²) in [5.74, 6) is 1.08. The molecule has 0 bridgehead atoms. The summed E-state index contributed by atoms with van der Waals surface area (Å²) in [6.45, 7) is 3.60. The number of nitrogens with zero attached hydrogens (tertiary/aromatic N) is 4. The molecule has 1 aromatic carbocycles. The van der Waals surface area contributed by atoms with Crippen molar-refractivity contribution in [3.63, 3.8) is 0 Å². The van der Waals surface area contributed by atoms with Gasteiger partial charge in [0.2, 0.25) is 0 Å². The molecule has 5 rings (SSSR count). The lowest BCUT2D eigenvalue weighted by molar-refractivity contribution is -0.136. The molecule has 2 aliphatic rings. The Labute approximate surface area is 182 Å². The van der Waals surface area contributed by atoms with E-state index < -0.39 is 11.7 Å². The fraction of sp³-hybridized carbons (Fsp3) is 0.455. The van der Waals surface area contributed by atoms with Crippen LogP contribution in [-0.2, 0) is 23.9 Å². The second kappa shape index (κ2) is 8.07. The number of pyridine rings is 1. The second-order valence-electron chi connectivity index (χ2n) is 8.25. The van der Waals surface area contributed by atoms with E-state index in [2.05, 4.69) is 15.1 Å². The molecule has 3 heterocycles. The SMILES string of the molecule is FC(F)(F)c1c(-c2ccc(CN3CCOCC3)c(Cl)c2)ccn2c(CC3CC3)nnc12. The van der Waals surface area contributed by atoms with Crippen molar-refractivity contribution in [2.24, 2.45) is 5.92 Å². The van der Waals surface area contributed by atoms with E-state index in [9.17, 15) is 13.2 Å². The molecule has 164 valence electrons. The molecule has 2 fully saturated rings. The molecule has 3 aromatic rings. The van der Waals surface area contributed by atoms with E-state index in [0.717, 1.165) is 31.5 Å². The Hall–Kier alpha value is -2.16. The van der Waals surface area contributed by atoms with Gasteiger partial charge in [-0.3, -0.25) is 9.30 Å². The molecule has 1 aliphatic heterocycles. The first-order valence-electron chi connectivity index (χ1n) is 10.4. The van der Waals surface area contributed by atoms with Gasteiger partial charge in [0.1, 0.15) is 11.4 Å². The first-order chi connectivity index (χ1) is 14.9. The Morgan fingerprint density at radius 3 is 2.55 bits per heavy atom. The van der Waals surface area contributed by atoms with Gasteiger partial charge >= 0.3 is 6.18 Å². The van der Waals surface area contributed by atoms with Crippen LogP contribution in [0.25, 0.3) is 16.8 Å². The minimum atomic E-state index is -4.57. The number of ether oxygens (including phenoxy) is 1. The van der Waals surface area contributed by atoms with Gasteiger partial charge in [0.05, 0.1) is 13.2 Å². The van der Waals surface area contributed by atoms with E-state index in [1.807, 2.05) is 0 Å². The van der Waals surface area contributed by atoms with Gasteiger partial charge < -0.3 is 4.74 Å². The van der Waals surface area contributed by atoms with Crippen molar-refractivity contribution in [3.05, 3.63) is 52.4 Å². The van der Waals surface area contributed by atoms with Crippen molar-refractivity contribution in [3.8, 4) is 11.1 Å². The maximum Gasteiger partial charge on any atom is 0.420 e. The normalized spacial score (nSPS) is 18.1. The minimum Gasteiger partial charge on any atom is -0.379 e.